The van der Waals surface area contributed by atoms with E-state index in [9.17, 15) is 9.59 Å². The van der Waals surface area contributed by atoms with Crippen molar-refractivity contribution in [3.05, 3.63) is 45.0 Å². The van der Waals surface area contributed by atoms with E-state index in [2.05, 4.69) is 23.8 Å². The number of carbonyl (C=O) groups excluding carboxylic acids is 2. The van der Waals surface area contributed by atoms with Crippen molar-refractivity contribution >= 4 is 11.8 Å². The van der Waals surface area contributed by atoms with Gasteiger partial charge in [-0.3, -0.25) is 4.79 Å². The summed E-state index contributed by atoms with van der Waals surface area (Å²) >= 11 is 0. The number of carbonyl (C=O) groups is 2. The molecule has 0 saturated heterocycles. The van der Waals surface area contributed by atoms with E-state index in [1.807, 2.05) is 27.7 Å². The summed E-state index contributed by atoms with van der Waals surface area (Å²) in [6.45, 7) is 14.1. The molecule has 0 aliphatic rings. The molecule has 0 spiro atoms. The first-order valence-corrected chi connectivity index (χ1v) is 9.23. The maximum atomic E-state index is 12.9. The van der Waals surface area contributed by atoms with E-state index in [4.69, 9.17) is 4.74 Å². The van der Waals surface area contributed by atoms with Crippen molar-refractivity contribution in [2.75, 3.05) is 6.61 Å². The predicted octanol–water partition coefficient (Wildman–Crippen LogP) is 4.57. The third-order valence-electron chi connectivity index (χ3n) is 4.95. The number of hydrogen-bond donors (Lipinski definition) is 2. The molecule has 2 aromatic rings. The Labute approximate surface area is 155 Å². The molecule has 2 heterocycles. The van der Waals surface area contributed by atoms with Crippen LogP contribution in [0.2, 0.25) is 0 Å². The van der Waals surface area contributed by atoms with Gasteiger partial charge < -0.3 is 14.7 Å². The summed E-state index contributed by atoms with van der Waals surface area (Å²) in [6, 6.07) is 0. The SMILES string of the molecule is CCOC(=O)c1[nH]c(Cc2[nH]c(C)c(C)c2C)c(C(=O)CC(C)C)c1C. The Balaban J connectivity index is 2.51. The standard InChI is InChI=1S/C21H30N2O3/c1-8-26-21(25)20-14(6)19(18(24)9-11(2)3)17(23-20)10-16-13(5)12(4)15(7)22-16/h11,22-23H,8-10H2,1-7H3. The second-order valence-corrected chi connectivity index (χ2v) is 7.38. The quantitative estimate of drug-likeness (QED) is 0.562. The molecule has 2 rings (SSSR count). The number of ether oxygens (including phenoxy) is 1. The number of hydrogen-bond acceptors (Lipinski definition) is 3. The number of aromatic amines is 2. The highest BCUT2D eigenvalue weighted by Gasteiger charge is 2.25. The Bertz CT molecular complexity index is 825. The summed E-state index contributed by atoms with van der Waals surface area (Å²) < 4.78 is 5.15. The predicted molar refractivity (Wildman–Crippen MR) is 103 cm³/mol. The van der Waals surface area contributed by atoms with Crippen molar-refractivity contribution in [1.29, 1.82) is 0 Å². The lowest BCUT2D eigenvalue weighted by Gasteiger charge is -2.07. The van der Waals surface area contributed by atoms with E-state index in [1.165, 1.54) is 11.1 Å². The first kappa shape index (κ1) is 20.0. The Morgan fingerprint density at radius 1 is 0.962 bits per heavy atom. The second-order valence-electron chi connectivity index (χ2n) is 7.38. The van der Waals surface area contributed by atoms with Crippen LogP contribution < -0.4 is 0 Å². The van der Waals surface area contributed by atoms with Crippen LogP contribution in [0.15, 0.2) is 0 Å². The van der Waals surface area contributed by atoms with Crippen molar-refractivity contribution in [3.63, 3.8) is 0 Å². The van der Waals surface area contributed by atoms with Gasteiger partial charge in [0.1, 0.15) is 5.69 Å². The van der Waals surface area contributed by atoms with Gasteiger partial charge in [0.25, 0.3) is 0 Å². The maximum absolute atomic E-state index is 12.9. The Kier molecular flexibility index (Phi) is 6.11. The van der Waals surface area contributed by atoms with Crippen LogP contribution in [0.25, 0.3) is 0 Å². The molecule has 0 fully saturated rings. The van der Waals surface area contributed by atoms with Gasteiger partial charge >= 0.3 is 5.97 Å². The Hall–Kier alpha value is -2.30. The zero-order valence-electron chi connectivity index (χ0n) is 16.9. The molecule has 5 heteroatoms. The van der Waals surface area contributed by atoms with Gasteiger partial charge in [-0.25, -0.2) is 4.79 Å². The van der Waals surface area contributed by atoms with Crippen molar-refractivity contribution < 1.29 is 14.3 Å². The van der Waals surface area contributed by atoms with Gasteiger partial charge in [-0.15, -0.1) is 0 Å². The first-order chi connectivity index (χ1) is 12.2. The second kappa shape index (κ2) is 7.94. The summed E-state index contributed by atoms with van der Waals surface area (Å²) in [5.41, 5.74) is 7.08. The lowest BCUT2D eigenvalue weighted by molar-refractivity contribution is 0.0519. The monoisotopic (exact) mass is 358 g/mol. The lowest BCUT2D eigenvalue weighted by atomic mass is 9.96. The number of Topliss-reactive ketones (excluding diaryl/α,β-unsaturated/α-hetero) is 1. The van der Waals surface area contributed by atoms with E-state index < -0.39 is 5.97 Å². The molecule has 26 heavy (non-hydrogen) atoms. The van der Waals surface area contributed by atoms with E-state index in [0.717, 1.165) is 17.1 Å². The molecule has 0 atom stereocenters. The fourth-order valence-corrected chi connectivity index (χ4v) is 3.32. The molecule has 5 nitrogen and oxygen atoms in total. The Morgan fingerprint density at radius 3 is 2.12 bits per heavy atom. The molecule has 142 valence electrons. The first-order valence-electron chi connectivity index (χ1n) is 9.23. The summed E-state index contributed by atoms with van der Waals surface area (Å²) in [6.07, 6.45) is 1.01. The van der Waals surface area contributed by atoms with E-state index in [-0.39, 0.29) is 11.7 Å². The van der Waals surface area contributed by atoms with Crippen LogP contribution >= 0.6 is 0 Å². The number of aryl methyl sites for hydroxylation is 1. The van der Waals surface area contributed by atoms with Crippen LogP contribution in [0.4, 0.5) is 0 Å². The van der Waals surface area contributed by atoms with Crippen molar-refractivity contribution in [3.8, 4) is 0 Å². The number of esters is 1. The molecule has 2 aromatic heterocycles. The summed E-state index contributed by atoms with van der Waals surface area (Å²) in [4.78, 5) is 31.7. The molecule has 0 unspecified atom stereocenters. The summed E-state index contributed by atoms with van der Waals surface area (Å²) in [5.74, 6) is -0.0882. The largest absolute Gasteiger partial charge is 0.461 e. The third-order valence-corrected chi connectivity index (χ3v) is 4.95. The maximum Gasteiger partial charge on any atom is 0.355 e. The Morgan fingerprint density at radius 2 is 1.62 bits per heavy atom. The molecular weight excluding hydrogens is 328 g/mol. The van der Waals surface area contributed by atoms with Gasteiger partial charge in [0.2, 0.25) is 0 Å². The van der Waals surface area contributed by atoms with Crippen molar-refractivity contribution in [1.82, 2.24) is 9.97 Å². The molecule has 2 N–H and O–H groups in total. The van der Waals surface area contributed by atoms with Crippen LogP contribution in [0, 0.1) is 33.6 Å². The highest BCUT2D eigenvalue weighted by Crippen LogP contribution is 2.26. The van der Waals surface area contributed by atoms with Gasteiger partial charge in [-0.05, 0) is 57.2 Å². The third kappa shape index (κ3) is 3.92. The van der Waals surface area contributed by atoms with E-state index >= 15 is 0 Å². The minimum absolute atomic E-state index is 0.0666. The van der Waals surface area contributed by atoms with E-state index in [1.54, 1.807) is 6.92 Å². The average molecular weight is 358 g/mol. The zero-order valence-corrected chi connectivity index (χ0v) is 16.9. The van der Waals surface area contributed by atoms with Gasteiger partial charge in [0.15, 0.2) is 5.78 Å². The molecular formula is C21H30N2O3. The molecule has 0 aromatic carbocycles. The molecule has 0 bridgehead atoms. The van der Waals surface area contributed by atoms with Crippen LogP contribution in [-0.4, -0.2) is 28.3 Å². The summed E-state index contributed by atoms with van der Waals surface area (Å²) in [5, 5.41) is 0. The topological polar surface area (TPSA) is 75.0 Å². The molecule has 0 amide bonds. The number of H-pyrrole nitrogens is 2. The van der Waals surface area contributed by atoms with Crippen LogP contribution in [-0.2, 0) is 11.2 Å². The molecule has 0 aliphatic heterocycles. The van der Waals surface area contributed by atoms with Gasteiger partial charge in [0, 0.05) is 35.5 Å². The van der Waals surface area contributed by atoms with Crippen molar-refractivity contribution in [2.45, 2.75) is 61.3 Å². The fraction of sp³-hybridized carbons (Fsp3) is 0.524. The highest BCUT2D eigenvalue weighted by molar-refractivity contribution is 6.02. The van der Waals surface area contributed by atoms with Gasteiger partial charge in [-0.2, -0.15) is 0 Å². The number of aromatic nitrogens is 2. The smallest absolute Gasteiger partial charge is 0.355 e. The number of rotatable bonds is 7. The normalized spacial score (nSPS) is 11.2. The summed E-state index contributed by atoms with van der Waals surface area (Å²) in [7, 11) is 0. The fourth-order valence-electron chi connectivity index (χ4n) is 3.32. The molecule has 0 aliphatic carbocycles. The van der Waals surface area contributed by atoms with Crippen LogP contribution in [0.1, 0.15) is 81.8 Å². The number of nitrogens with one attached hydrogen (secondary N) is 2. The lowest BCUT2D eigenvalue weighted by Crippen LogP contribution is -2.09. The van der Waals surface area contributed by atoms with Gasteiger partial charge in [0.05, 0.1) is 6.61 Å². The highest BCUT2D eigenvalue weighted by atomic mass is 16.5. The molecule has 0 saturated carbocycles. The van der Waals surface area contributed by atoms with E-state index in [0.29, 0.717) is 36.3 Å². The van der Waals surface area contributed by atoms with Crippen LogP contribution in [0.3, 0.4) is 0 Å². The van der Waals surface area contributed by atoms with Gasteiger partial charge in [-0.1, -0.05) is 13.8 Å². The zero-order chi connectivity index (χ0) is 19.6. The molecule has 0 radical (unpaired) electrons. The minimum atomic E-state index is -0.412. The van der Waals surface area contributed by atoms with Crippen LogP contribution in [0.5, 0.6) is 0 Å². The number of ketones is 1. The minimum Gasteiger partial charge on any atom is -0.461 e. The average Bonchev–Trinajstić information content (AvgIpc) is 2.99. The van der Waals surface area contributed by atoms with Crippen molar-refractivity contribution in [2.24, 2.45) is 5.92 Å².